The van der Waals surface area contributed by atoms with E-state index >= 15 is 0 Å². The minimum absolute atomic E-state index is 0.110. The molecule has 2 heterocycles. The SMILES string of the molecule is Cc1nc(-c2nnc(NC(=O)c3cccc(C(F)(F)F)c3)o2)cs1. The number of carbonyl (C=O) groups excluding carboxylic acids is 1. The van der Waals surface area contributed by atoms with Crippen LogP contribution in [0.3, 0.4) is 0 Å². The number of rotatable bonds is 3. The van der Waals surface area contributed by atoms with E-state index in [2.05, 4.69) is 20.5 Å². The minimum Gasteiger partial charge on any atom is -0.401 e. The largest absolute Gasteiger partial charge is 0.416 e. The molecular formula is C14H9F3N4O2S. The Morgan fingerprint density at radius 3 is 2.75 bits per heavy atom. The van der Waals surface area contributed by atoms with Crippen molar-refractivity contribution in [1.29, 1.82) is 0 Å². The number of nitrogens with zero attached hydrogens (tertiary/aromatic N) is 3. The van der Waals surface area contributed by atoms with Crippen LogP contribution in [0.5, 0.6) is 0 Å². The van der Waals surface area contributed by atoms with Crippen molar-refractivity contribution >= 4 is 23.3 Å². The third kappa shape index (κ3) is 3.43. The highest BCUT2D eigenvalue weighted by Gasteiger charge is 2.31. The Balaban J connectivity index is 1.77. The van der Waals surface area contributed by atoms with Crippen LogP contribution in [0.1, 0.15) is 20.9 Å². The molecule has 3 rings (SSSR count). The summed E-state index contributed by atoms with van der Waals surface area (Å²) in [5, 5.41) is 12.1. The van der Waals surface area contributed by atoms with Gasteiger partial charge in [0.15, 0.2) is 0 Å². The summed E-state index contributed by atoms with van der Waals surface area (Å²) >= 11 is 1.39. The van der Waals surface area contributed by atoms with E-state index in [-0.39, 0.29) is 17.5 Å². The second-order valence-corrected chi connectivity index (χ2v) is 5.76. The first-order valence-electron chi connectivity index (χ1n) is 6.57. The maximum atomic E-state index is 12.7. The highest BCUT2D eigenvalue weighted by molar-refractivity contribution is 7.09. The number of aromatic nitrogens is 3. The summed E-state index contributed by atoms with van der Waals surface area (Å²) in [7, 11) is 0. The Morgan fingerprint density at radius 2 is 2.08 bits per heavy atom. The molecular weight excluding hydrogens is 345 g/mol. The van der Waals surface area contributed by atoms with Gasteiger partial charge in [-0.1, -0.05) is 11.2 Å². The summed E-state index contributed by atoms with van der Waals surface area (Å²) in [6.07, 6.45) is -4.53. The number of anilines is 1. The molecule has 3 aromatic rings. The Bertz CT molecular complexity index is 888. The maximum Gasteiger partial charge on any atom is 0.416 e. The van der Waals surface area contributed by atoms with Crippen LogP contribution < -0.4 is 5.32 Å². The number of thiazole rings is 1. The van der Waals surface area contributed by atoms with E-state index in [0.29, 0.717) is 5.69 Å². The van der Waals surface area contributed by atoms with Crippen molar-refractivity contribution in [1.82, 2.24) is 15.2 Å². The van der Waals surface area contributed by atoms with Gasteiger partial charge < -0.3 is 4.42 Å². The van der Waals surface area contributed by atoms with E-state index in [9.17, 15) is 18.0 Å². The zero-order valence-electron chi connectivity index (χ0n) is 12.1. The number of benzene rings is 1. The number of alkyl halides is 3. The molecule has 2 aromatic heterocycles. The molecule has 0 spiro atoms. The number of amides is 1. The zero-order chi connectivity index (χ0) is 17.3. The van der Waals surface area contributed by atoms with Gasteiger partial charge in [0.25, 0.3) is 11.8 Å². The summed E-state index contributed by atoms with van der Waals surface area (Å²) in [5.41, 5.74) is -0.627. The van der Waals surface area contributed by atoms with Crippen LogP contribution in [0.4, 0.5) is 19.2 Å². The van der Waals surface area contributed by atoms with Gasteiger partial charge in [0.2, 0.25) is 0 Å². The number of nitrogens with one attached hydrogen (secondary N) is 1. The average Bonchev–Trinajstić information content (AvgIpc) is 3.15. The molecule has 0 aliphatic carbocycles. The van der Waals surface area contributed by atoms with Crippen LogP contribution in [0.25, 0.3) is 11.6 Å². The van der Waals surface area contributed by atoms with Gasteiger partial charge in [0.1, 0.15) is 5.69 Å². The fourth-order valence-corrected chi connectivity index (χ4v) is 2.43. The van der Waals surface area contributed by atoms with Crippen molar-refractivity contribution in [2.24, 2.45) is 0 Å². The van der Waals surface area contributed by atoms with Gasteiger partial charge in [-0.15, -0.1) is 16.4 Å². The summed E-state index contributed by atoms with van der Waals surface area (Å²) in [5.74, 6) is -0.676. The third-order valence-corrected chi connectivity index (χ3v) is 3.71. The molecule has 0 saturated heterocycles. The van der Waals surface area contributed by atoms with E-state index in [0.717, 1.165) is 23.2 Å². The molecule has 10 heteroatoms. The van der Waals surface area contributed by atoms with Gasteiger partial charge in [-0.05, 0) is 25.1 Å². The number of aryl methyl sites for hydroxylation is 1. The molecule has 0 bridgehead atoms. The fourth-order valence-electron chi connectivity index (χ4n) is 1.84. The predicted molar refractivity (Wildman–Crippen MR) is 79.5 cm³/mol. The van der Waals surface area contributed by atoms with E-state index in [4.69, 9.17) is 4.42 Å². The second kappa shape index (κ2) is 6.04. The molecule has 0 fully saturated rings. The molecule has 0 radical (unpaired) electrons. The van der Waals surface area contributed by atoms with Crippen LogP contribution in [-0.4, -0.2) is 21.1 Å². The van der Waals surface area contributed by atoms with E-state index in [1.165, 1.54) is 17.4 Å². The van der Waals surface area contributed by atoms with Gasteiger partial charge in [0.05, 0.1) is 10.6 Å². The molecule has 24 heavy (non-hydrogen) atoms. The molecule has 0 atom stereocenters. The van der Waals surface area contributed by atoms with Crippen molar-refractivity contribution < 1.29 is 22.4 Å². The molecule has 0 unspecified atom stereocenters. The van der Waals surface area contributed by atoms with Gasteiger partial charge in [-0.3, -0.25) is 10.1 Å². The lowest BCUT2D eigenvalue weighted by atomic mass is 10.1. The van der Waals surface area contributed by atoms with Crippen LogP contribution in [0.15, 0.2) is 34.1 Å². The van der Waals surface area contributed by atoms with Crippen molar-refractivity contribution in [2.75, 3.05) is 5.32 Å². The standard InChI is InChI=1S/C14H9F3N4O2S/c1-7-18-10(6-24-7)12-20-21-13(23-12)19-11(22)8-3-2-4-9(5-8)14(15,16)17/h2-6H,1H3,(H,19,21,22). The summed E-state index contributed by atoms with van der Waals surface area (Å²) in [6, 6.07) is 3.81. The lowest BCUT2D eigenvalue weighted by Crippen LogP contribution is -2.14. The van der Waals surface area contributed by atoms with Crippen molar-refractivity contribution in [3.05, 3.63) is 45.8 Å². The first kappa shape index (κ1) is 16.1. The van der Waals surface area contributed by atoms with Crippen LogP contribution in [0, 0.1) is 6.92 Å². The number of carbonyl (C=O) groups is 1. The first-order valence-corrected chi connectivity index (χ1v) is 7.45. The van der Waals surface area contributed by atoms with Crippen molar-refractivity contribution in [3.63, 3.8) is 0 Å². The van der Waals surface area contributed by atoms with Crippen LogP contribution in [0.2, 0.25) is 0 Å². The summed E-state index contributed by atoms with van der Waals surface area (Å²) in [4.78, 5) is 16.2. The monoisotopic (exact) mass is 354 g/mol. The molecule has 1 amide bonds. The average molecular weight is 354 g/mol. The van der Waals surface area contributed by atoms with Crippen molar-refractivity contribution in [2.45, 2.75) is 13.1 Å². The maximum absolute atomic E-state index is 12.7. The zero-order valence-corrected chi connectivity index (χ0v) is 12.9. The molecule has 1 aromatic carbocycles. The Labute approximate surface area is 137 Å². The predicted octanol–water partition coefficient (Wildman–Crippen LogP) is 3.77. The molecule has 1 N–H and O–H groups in total. The third-order valence-electron chi connectivity index (χ3n) is 2.94. The fraction of sp³-hybridized carbons (Fsp3) is 0.143. The number of halogens is 3. The van der Waals surface area contributed by atoms with Gasteiger partial charge in [-0.25, -0.2) is 4.98 Å². The topological polar surface area (TPSA) is 80.9 Å². The quantitative estimate of drug-likeness (QED) is 0.774. The van der Waals surface area contributed by atoms with Gasteiger partial charge in [-0.2, -0.15) is 13.2 Å². The normalized spacial score (nSPS) is 11.5. The number of hydrogen-bond acceptors (Lipinski definition) is 6. The summed E-state index contributed by atoms with van der Waals surface area (Å²) in [6.45, 7) is 1.81. The van der Waals surface area contributed by atoms with Crippen LogP contribution >= 0.6 is 11.3 Å². The Morgan fingerprint density at radius 1 is 1.29 bits per heavy atom. The van der Waals surface area contributed by atoms with Gasteiger partial charge in [0, 0.05) is 10.9 Å². The van der Waals surface area contributed by atoms with E-state index < -0.39 is 17.6 Å². The minimum atomic E-state index is -4.53. The van der Waals surface area contributed by atoms with Crippen molar-refractivity contribution in [3.8, 4) is 11.6 Å². The van der Waals surface area contributed by atoms with Crippen LogP contribution in [-0.2, 0) is 6.18 Å². The lowest BCUT2D eigenvalue weighted by molar-refractivity contribution is -0.137. The molecule has 6 nitrogen and oxygen atoms in total. The molecule has 0 aliphatic heterocycles. The highest BCUT2D eigenvalue weighted by atomic mass is 32.1. The smallest absolute Gasteiger partial charge is 0.401 e. The number of hydrogen-bond donors (Lipinski definition) is 1. The second-order valence-electron chi connectivity index (χ2n) is 4.70. The molecule has 0 aliphatic rings. The lowest BCUT2D eigenvalue weighted by Gasteiger charge is -2.07. The van der Waals surface area contributed by atoms with E-state index in [1.54, 1.807) is 12.3 Å². The first-order chi connectivity index (χ1) is 11.3. The molecule has 124 valence electrons. The van der Waals surface area contributed by atoms with E-state index in [1.807, 2.05) is 0 Å². The summed E-state index contributed by atoms with van der Waals surface area (Å²) < 4.78 is 43.3. The Hall–Kier alpha value is -2.75. The van der Waals surface area contributed by atoms with Gasteiger partial charge >= 0.3 is 12.2 Å². The molecule has 0 saturated carbocycles. The highest BCUT2D eigenvalue weighted by Crippen LogP contribution is 2.29. The Kier molecular flexibility index (Phi) is 4.06.